The Hall–Kier alpha value is -1.49. The number of thiocarbonyl (C=S) groups is 1. The van der Waals surface area contributed by atoms with Crippen LogP contribution in [-0.2, 0) is 0 Å². The molecule has 0 aliphatic carbocycles. The predicted molar refractivity (Wildman–Crippen MR) is 76.5 cm³/mol. The van der Waals surface area contributed by atoms with Crippen molar-refractivity contribution in [2.24, 2.45) is 11.7 Å². The second-order valence-corrected chi connectivity index (χ2v) is 4.75. The van der Waals surface area contributed by atoms with Gasteiger partial charge in [0.2, 0.25) is 0 Å². The van der Waals surface area contributed by atoms with E-state index in [1.54, 1.807) is 23.2 Å². The molecule has 0 radical (unpaired) electrons. The summed E-state index contributed by atoms with van der Waals surface area (Å²) < 4.78 is 0. The van der Waals surface area contributed by atoms with E-state index in [4.69, 9.17) is 18.0 Å². The van der Waals surface area contributed by atoms with Gasteiger partial charge in [-0.1, -0.05) is 19.1 Å². The van der Waals surface area contributed by atoms with Crippen LogP contribution in [0.2, 0.25) is 0 Å². The van der Waals surface area contributed by atoms with Gasteiger partial charge in [-0.2, -0.15) is 0 Å². The third-order valence-electron chi connectivity index (χ3n) is 2.89. The van der Waals surface area contributed by atoms with Crippen molar-refractivity contribution in [3.05, 3.63) is 29.6 Å². The zero-order chi connectivity index (χ0) is 13.7. The molecule has 0 fully saturated rings. The maximum atomic E-state index is 12.4. The van der Waals surface area contributed by atoms with E-state index >= 15 is 0 Å². The summed E-state index contributed by atoms with van der Waals surface area (Å²) in [5.41, 5.74) is 6.96. The summed E-state index contributed by atoms with van der Waals surface area (Å²) in [7, 11) is 0. The lowest BCUT2D eigenvalue weighted by Gasteiger charge is -2.24. The van der Waals surface area contributed by atoms with E-state index in [0.29, 0.717) is 23.6 Å². The number of nitrogens with two attached hydrogens (primary N) is 1. The van der Waals surface area contributed by atoms with Gasteiger partial charge in [0.1, 0.15) is 0 Å². The summed E-state index contributed by atoms with van der Waals surface area (Å²) in [6.45, 7) is 6.86. The normalized spacial score (nSPS) is 11.9. The smallest absolute Gasteiger partial charge is 0.255 e. The van der Waals surface area contributed by atoms with Crippen molar-refractivity contribution in [2.45, 2.75) is 20.8 Å². The van der Waals surface area contributed by atoms with Crippen molar-refractivity contribution >= 4 is 23.1 Å². The fourth-order valence-electron chi connectivity index (χ4n) is 1.66. The van der Waals surface area contributed by atoms with Gasteiger partial charge in [-0.05, 0) is 26.0 Å². The molecule has 1 unspecified atom stereocenters. The number of amides is 1. The summed E-state index contributed by atoms with van der Waals surface area (Å²) in [6.07, 6.45) is 1.68. The van der Waals surface area contributed by atoms with Gasteiger partial charge < -0.3 is 10.6 Å². The molecule has 0 bridgehead atoms. The molecule has 4 nitrogen and oxygen atoms in total. The quantitative estimate of drug-likeness (QED) is 0.824. The molecule has 1 amide bonds. The molecule has 0 saturated carbocycles. The van der Waals surface area contributed by atoms with Crippen LogP contribution >= 0.6 is 12.2 Å². The Morgan fingerprint density at radius 3 is 2.78 bits per heavy atom. The Balaban J connectivity index is 2.86. The lowest BCUT2D eigenvalue weighted by Crippen LogP contribution is -2.38. The summed E-state index contributed by atoms with van der Waals surface area (Å²) >= 11 is 4.94. The minimum atomic E-state index is -0.0220. The standard InChI is InChI=1S/C13H19N3OS/c1-4-16(8-9(2)12(14)18)13(17)11-6-5-7-15-10(11)3/h5-7,9H,4,8H2,1-3H3,(H2,14,18). The number of hydrogen-bond acceptors (Lipinski definition) is 3. The largest absolute Gasteiger partial charge is 0.393 e. The molecule has 1 aromatic heterocycles. The first kappa shape index (κ1) is 14.6. The van der Waals surface area contributed by atoms with E-state index in [1.807, 2.05) is 20.8 Å². The van der Waals surface area contributed by atoms with Gasteiger partial charge in [-0.3, -0.25) is 9.78 Å². The van der Waals surface area contributed by atoms with Crippen molar-refractivity contribution in [3.8, 4) is 0 Å². The summed E-state index contributed by atoms with van der Waals surface area (Å²) in [6, 6.07) is 3.56. The number of carbonyl (C=O) groups is 1. The van der Waals surface area contributed by atoms with Crippen molar-refractivity contribution in [3.63, 3.8) is 0 Å². The molecule has 1 atom stereocenters. The highest BCUT2D eigenvalue weighted by Gasteiger charge is 2.19. The van der Waals surface area contributed by atoms with Crippen LogP contribution in [0.5, 0.6) is 0 Å². The Bertz CT molecular complexity index is 448. The van der Waals surface area contributed by atoms with Crippen LogP contribution in [0.3, 0.4) is 0 Å². The maximum absolute atomic E-state index is 12.4. The molecule has 0 spiro atoms. The number of nitrogens with zero attached hydrogens (tertiary/aromatic N) is 2. The van der Waals surface area contributed by atoms with E-state index in [-0.39, 0.29) is 11.8 Å². The van der Waals surface area contributed by atoms with Crippen LogP contribution < -0.4 is 5.73 Å². The average molecular weight is 265 g/mol. The molecule has 0 aliphatic heterocycles. The summed E-state index contributed by atoms with van der Waals surface area (Å²) in [4.78, 5) is 18.7. The van der Waals surface area contributed by atoms with Gasteiger partial charge in [0.25, 0.3) is 5.91 Å². The van der Waals surface area contributed by atoms with Crippen molar-refractivity contribution < 1.29 is 4.79 Å². The van der Waals surface area contributed by atoms with Gasteiger partial charge >= 0.3 is 0 Å². The minimum Gasteiger partial charge on any atom is -0.393 e. The first-order chi connectivity index (χ1) is 8.47. The van der Waals surface area contributed by atoms with E-state index in [9.17, 15) is 4.79 Å². The lowest BCUT2D eigenvalue weighted by atomic mass is 10.1. The van der Waals surface area contributed by atoms with E-state index < -0.39 is 0 Å². The lowest BCUT2D eigenvalue weighted by molar-refractivity contribution is 0.0753. The number of aromatic nitrogens is 1. The Kier molecular flexibility index (Phi) is 5.22. The SMILES string of the molecule is CCN(CC(C)C(N)=S)C(=O)c1cccnc1C. The molecule has 2 N–H and O–H groups in total. The number of hydrogen-bond donors (Lipinski definition) is 1. The van der Waals surface area contributed by atoms with Crippen LogP contribution in [0, 0.1) is 12.8 Å². The molecular formula is C13H19N3OS. The fraction of sp³-hybridized carbons (Fsp3) is 0.462. The molecular weight excluding hydrogens is 246 g/mol. The summed E-state index contributed by atoms with van der Waals surface area (Å²) in [5.74, 6) is -0.00734. The second-order valence-electron chi connectivity index (χ2n) is 4.28. The zero-order valence-corrected chi connectivity index (χ0v) is 11.8. The van der Waals surface area contributed by atoms with Crippen LogP contribution in [0.25, 0.3) is 0 Å². The van der Waals surface area contributed by atoms with Crippen LogP contribution in [0.1, 0.15) is 29.9 Å². The number of rotatable bonds is 5. The van der Waals surface area contributed by atoms with Crippen molar-refractivity contribution in [1.82, 2.24) is 9.88 Å². The molecule has 98 valence electrons. The highest BCUT2D eigenvalue weighted by atomic mass is 32.1. The molecule has 5 heteroatoms. The number of pyridine rings is 1. The second kappa shape index (κ2) is 6.44. The van der Waals surface area contributed by atoms with Crippen LogP contribution in [-0.4, -0.2) is 33.9 Å². The maximum Gasteiger partial charge on any atom is 0.255 e. The van der Waals surface area contributed by atoms with Gasteiger partial charge in [-0.25, -0.2) is 0 Å². The van der Waals surface area contributed by atoms with Gasteiger partial charge in [-0.15, -0.1) is 0 Å². The third kappa shape index (κ3) is 3.50. The van der Waals surface area contributed by atoms with Gasteiger partial charge in [0.05, 0.1) is 10.6 Å². The van der Waals surface area contributed by atoms with Gasteiger partial charge in [0.15, 0.2) is 0 Å². The van der Waals surface area contributed by atoms with Crippen LogP contribution in [0.15, 0.2) is 18.3 Å². The number of carbonyl (C=O) groups excluding carboxylic acids is 1. The Morgan fingerprint density at radius 2 is 2.28 bits per heavy atom. The third-order valence-corrected chi connectivity index (χ3v) is 3.29. The molecule has 1 rings (SSSR count). The van der Waals surface area contributed by atoms with E-state index in [2.05, 4.69) is 4.98 Å². The van der Waals surface area contributed by atoms with Gasteiger partial charge in [0, 0.05) is 30.9 Å². The highest BCUT2D eigenvalue weighted by molar-refractivity contribution is 7.80. The molecule has 1 heterocycles. The minimum absolute atomic E-state index is 0.0147. The van der Waals surface area contributed by atoms with Crippen molar-refractivity contribution in [2.75, 3.05) is 13.1 Å². The fourth-order valence-corrected chi connectivity index (χ4v) is 1.73. The monoisotopic (exact) mass is 265 g/mol. The molecule has 18 heavy (non-hydrogen) atoms. The number of aryl methyl sites for hydroxylation is 1. The average Bonchev–Trinajstić information content (AvgIpc) is 2.35. The topological polar surface area (TPSA) is 59.2 Å². The summed E-state index contributed by atoms with van der Waals surface area (Å²) in [5, 5.41) is 0. The first-order valence-corrected chi connectivity index (χ1v) is 6.38. The first-order valence-electron chi connectivity index (χ1n) is 5.97. The predicted octanol–water partition coefficient (Wildman–Crippen LogP) is 1.77. The van der Waals surface area contributed by atoms with E-state index in [0.717, 1.165) is 5.69 Å². The molecule has 0 aromatic carbocycles. The molecule has 1 aromatic rings. The van der Waals surface area contributed by atoms with E-state index in [1.165, 1.54) is 0 Å². The highest BCUT2D eigenvalue weighted by Crippen LogP contribution is 2.10. The Labute approximate surface area is 113 Å². The Morgan fingerprint density at radius 1 is 1.61 bits per heavy atom. The van der Waals surface area contributed by atoms with Crippen molar-refractivity contribution in [1.29, 1.82) is 0 Å². The van der Waals surface area contributed by atoms with Crippen LogP contribution in [0.4, 0.5) is 0 Å². The zero-order valence-electron chi connectivity index (χ0n) is 11.0. The molecule has 0 aliphatic rings. The molecule has 0 saturated heterocycles.